The molecule has 0 spiro atoms. The summed E-state index contributed by atoms with van der Waals surface area (Å²) in [5.41, 5.74) is 25.9. The summed E-state index contributed by atoms with van der Waals surface area (Å²) in [7, 11) is 8.77. The first-order valence-electron chi connectivity index (χ1n) is 28.8. The van der Waals surface area contributed by atoms with Crippen LogP contribution in [0.1, 0.15) is 80.8 Å². The van der Waals surface area contributed by atoms with E-state index in [0.29, 0.717) is 48.4 Å². The Balaban J connectivity index is 0.000000162. The predicted octanol–water partition coefficient (Wildman–Crippen LogP) is 10.0. The van der Waals surface area contributed by atoms with Gasteiger partial charge in [0.25, 0.3) is 17.7 Å². The molecule has 3 amide bonds. The Bertz CT molecular complexity index is 3730. The molecule has 2 unspecified atom stereocenters. The SMILES string of the molecule is CN(C)C(=O)c1cccc(-c2cccc(C3(C)CON(C)C(N)=N3)c2)c1.CN1CC(C)(c2cccc(-c3cccc(OC(F)(F)F)c3)c2)N=C1N.COC[C@H]1CCCN1C(=O)c1cc(C)cc(CN2C(=O)C(c3ccccc3)(c3ccccc3)N=C2N)c1. The normalized spacial score (nSPS) is 19.6. The van der Waals surface area contributed by atoms with Gasteiger partial charge in [0, 0.05) is 59.5 Å². The van der Waals surface area contributed by atoms with Crippen molar-refractivity contribution in [3.05, 3.63) is 220 Å². The third-order valence-electron chi connectivity index (χ3n) is 16.0. The lowest BCUT2D eigenvalue weighted by molar-refractivity contribution is -0.274. The fourth-order valence-corrected chi connectivity index (χ4v) is 11.4. The standard InChI is InChI=1S/C30H32N4O3.C20H24N4O2.C18H18F3N3O/c1-21-16-22(18-23(17-21)27(35)33-15-9-14-26(33)20-37-2)19-34-28(36)30(32-29(34)31,24-10-5-3-6-11-24)25-12-7-4-8-13-25;1-20(13-26-24(4)19(21)22-20)17-10-6-8-15(12-17)14-7-5-9-16(11-14)18(25)23(2)3;1-17(11-24(2)16(22)23-17)14-7-3-5-12(9-14)13-6-4-8-15(10-13)25-18(19,20)21/h3-8,10-13,16-18,26H,9,14-15,19-20H2,1-2H3,(H2,31,32);5-12H,13H2,1-4H3,(H2,21,22);3-10H,11H2,1-2H3,(H2,22,23)/t26-;;/m1../s1. The summed E-state index contributed by atoms with van der Waals surface area (Å²) in [5, 5.41) is 1.47. The average molecular weight is 1200 g/mol. The van der Waals surface area contributed by atoms with Gasteiger partial charge in [0.05, 0.1) is 19.2 Å². The van der Waals surface area contributed by atoms with Crippen molar-refractivity contribution in [2.24, 2.45) is 32.2 Å². The molecule has 0 aliphatic carbocycles. The summed E-state index contributed by atoms with van der Waals surface area (Å²) in [6.45, 7) is 8.45. The number of carbonyl (C=O) groups is 3. The molecular formula is C68H74F3N11O6. The van der Waals surface area contributed by atoms with E-state index < -0.39 is 23.0 Å². The second kappa shape index (κ2) is 26.2. The maximum Gasteiger partial charge on any atom is 0.573 e. The zero-order valence-electron chi connectivity index (χ0n) is 50.7. The molecule has 4 heterocycles. The molecule has 0 radical (unpaired) electrons. The number of hydroxylamine groups is 2. The number of rotatable bonds is 13. The number of methoxy groups -OCH3 is 1. The number of hydrogen-bond donors (Lipinski definition) is 3. The molecule has 4 aliphatic heterocycles. The van der Waals surface area contributed by atoms with E-state index in [9.17, 15) is 27.6 Å². The van der Waals surface area contributed by atoms with Crippen molar-refractivity contribution < 1.29 is 41.9 Å². The van der Waals surface area contributed by atoms with Gasteiger partial charge in [-0.25, -0.2) is 20.0 Å². The Morgan fingerprint density at radius 3 is 1.80 bits per heavy atom. The van der Waals surface area contributed by atoms with Gasteiger partial charge in [-0.2, -0.15) is 0 Å². The summed E-state index contributed by atoms with van der Waals surface area (Å²) in [5.74, 6) is 0.488. The summed E-state index contributed by atoms with van der Waals surface area (Å²) in [6.07, 6.45) is -2.81. The molecule has 7 aromatic carbocycles. The fraction of sp³-hybridized carbons (Fsp3) is 0.294. The van der Waals surface area contributed by atoms with Gasteiger partial charge in [-0.1, -0.05) is 127 Å². The number of alkyl halides is 3. The van der Waals surface area contributed by atoms with Crippen LogP contribution in [0.2, 0.25) is 0 Å². The summed E-state index contributed by atoms with van der Waals surface area (Å²) >= 11 is 0. The third-order valence-corrected chi connectivity index (χ3v) is 16.0. The highest BCUT2D eigenvalue weighted by Crippen LogP contribution is 2.41. The second-order valence-corrected chi connectivity index (χ2v) is 22.9. The van der Waals surface area contributed by atoms with Crippen LogP contribution in [-0.4, -0.2) is 134 Å². The number of benzene rings is 7. The van der Waals surface area contributed by atoms with Crippen LogP contribution in [0.25, 0.3) is 22.3 Å². The highest BCUT2D eigenvalue weighted by atomic mass is 19.4. The van der Waals surface area contributed by atoms with Gasteiger partial charge in [0.1, 0.15) is 23.4 Å². The van der Waals surface area contributed by atoms with Crippen LogP contribution in [0, 0.1) is 6.92 Å². The lowest BCUT2D eigenvalue weighted by atomic mass is 9.83. The number of aryl methyl sites for hydroxylation is 1. The first kappa shape index (κ1) is 63.0. The van der Waals surface area contributed by atoms with Gasteiger partial charge < -0.3 is 41.4 Å². The van der Waals surface area contributed by atoms with Crippen LogP contribution in [-0.2, 0) is 37.5 Å². The lowest BCUT2D eigenvalue weighted by Crippen LogP contribution is -2.45. The van der Waals surface area contributed by atoms with E-state index in [2.05, 4.69) is 20.8 Å². The predicted molar refractivity (Wildman–Crippen MR) is 336 cm³/mol. The van der Waals surface area contributed by atoms with Crippen LogP contribution in [0.3, 0.4) is 0 Å². The summed E-state index contributed by atoms with van der Waals surface area (Å²) < 4.78 is 46.6. The molecule has 458 valence electrons. The fourth-order valence-electron chi connectivity index (χ4n) is 11.4. The molecule has 20 heteroatoms. The van der Waals surface area contributed by atoms with E-state index >= 15 is 0 Å². The minimum absolute atomic E-state index is 0.0122. The Morgan fingerprint density at radius 2 is 1.23 bits per heavy atom. The monoisotopic (exact) mass is 1200 g/mol. The van der Waals surface area contributed by atoms with Gasteiger partial charge in [-0.15, -0.1) is 13.2 Å². The van der Waals surface area contributed by atoms with Crippen molar-refractivity contribution in [3.8, 4) is 28.0 Å². The van der Waals surface area contributed by atoms with E-state index in [4.69, 9.17) is 31.8 Å². The first-order chi connectivity index (χ1) is 41.9. The number of amides is 3. The van der Waals surface area contributed by atoms with E-state index in [1.54, 1.807) is 39.2 Å². The largest absolute Gasteiger partial charge is 0.573 e. The van der Waals surface area contributed by atoms with Crippen LogP contribution in [0.4, 0.5) is 13.2 Å². The number of nitrogens with zero attached hydrogens (tertiary/aromatic N) is 8. The van der Waals surface area contributed by atoms with E-state index in [1.165, 1.54) is 28.2 Å². The minimum Gasteiger partial charge on any atom is -0.406 e. The molecular weight excluding hydrogens is 1120 g/mol. The molecule has 1 fully saturated rings. The minimum atomic E-state index is -4.71. The number of likely N-dealkylation sites (tertiary alicyclic amines) is 1. The maximum atomic E-state index is 14.1. The molecule has 11 rings (SSSR count). The number of guanidine groups is 3. The Hall–Kier alpha value is -9.53. The number of likely N-dealkylation sites (N-methyl/N-ethyl adjacent to an activating group) is 1. The van der Waals surface area contributed by atoms with Crippen LogP contribution in [0.5, 0.6) is 5.75 Å². The van der Waals surface area contributed by atoms with Gasteiger partial charge in [-0.3, -0.25) is 24.1 Å². The smallest absolute Gasteiger partial charge is 0.406 e. The molecule has 6 N–H and O–H groups in total. The van der Waals surface area contributed by atoms with Crippen LogP contribution in [0.15, 0.2) is 191 Å². The van der Waals surface area contributed by atoms with Crippen molar-refractivity contribution in [2.75, 3.05) is 61.6 Å². The van der Waals surface area contributed by atoms with Gasteiger partial charge in [0.15, 0.2) is 17.5 Å². The van der Waals surface area contributed by atoms with E-state index in [0.717, 1.165) is 69.5 Å². The van der Waals surface area contributed by atoms with E-state index in [1.807, 2.05) is 183 Å². The Labute approximate surface area is 511 Å². The van der Waals surface area contributed by atoms with Crippen molar-refractivity contribution in [2.45, 2.75) is 69.2 Å². The van der Waals surface area contributed by atoms with Gasteiger partial charge >= 0.3 is 6.36 Å². The Morgan fingerprint density at radius 1 is 0.670 bits per heavy atom. The van der Waals surface area contributed by atoms with Crippen molar-refractivity contribution in [1.29, 1.82) is 0 Å². The molecule has 17 nitrogen and oxygen atoms in total. The molecule has 88 heavy (non-hydrogen) atoms. The number of ether oxygens (including phenoxy) is 2. The van der Waals surface area contributed by atoms with Crippen molar-refractivity contribution in [3.63, 3.8) is 0 Å². The number of carbonyl (C=O) groups excluding carboxylic acids is 3. The van der Waals surface area contributed by atoms with Crippen molar-refractivity contribution >= 4 is 35.6 Å². The maximum absolute atomic E-state index is 14.1. The molecule has 0 saturated carbocycles. The number of nitrogens with two attached hydrogens (primary N) is 3. The molecule has 0 bridgehead atoms. The van der Waals surface area contributed by atoms with Gasteiger partial charge in [0.2, 0.25) is 5.96 Å². The Kier molecular flexibility index (Phi) is 18.8. The first-order valence-corrected chi connectivity index (χ1v) is 28.8. The van der Waals surface area contributed by atoms with Crippen LogP contribution < -0.4 is 21.9 Å². The molecule has 4 aliphatic rings. The summed E-state index contributed by atoms with van der Waals surface area (Å²) in [6, 6.07) is 54.1. The number of halogens is 3. The molecule has 0 aromatic heterocycles. The third kappa shape index (κ3) is 14.0. The number of hydrogen-bond acceptors (Lipinski definition) is 14. The topological polar surface area (TPSA) is 210 Å². The van der Waals surface area contributed by atoms with Crippen LogP contribution >= 0.6 is 0 Å². The lowest BCUT2D eigenvalue weighted by Gasteiger charge is -2.34. The highest BCUT2D eigenvalue weighted by Gasteiger charge is 2.50. The van der Waals surface area contributed by atoms with E-state index in [-0.39, 0.29) is 42.0 Å². The van der Waals surface area contributed by atoms with Gasteiger partial charge in [-0.05, 0) is 138 Å². The highest BCUT2D eigenvalue weighted by molar-refractivity contribution is 6.09. The number of aliphatic imine (C=N–C) groups is 3. The zero-order chi connectivity index (χ0) is 63.1. The quantitative estimate of drug-likeness (QED) is 0.0989. The zero-order valence-corrected chi connectivity index (χ0v) is 50.7. The van der Waals surface area contributed by atoms with Crippen molar-refractivity contribution in [1.82, 2.24) is 24.7 Å². The average Bonchev–Trinajstić information content (AvgIpc) is 1.77. The molecule has 1 saturated heterocycles. The molecule has 3 atom stereocenters. The summed E-state index contributed by atoms with van der Waals surface area (Å²) in [4.78, 5) is 66.1. The second-order valence-electron chi connectivity index (χ2n) is 22.9. The molecule has 7 aromatic rings.